The van der Waals surface area contributed by atoms with Gasteiger partial charge in [-0.25, -0.2) is 4.79 Å². The number of carbonyl (C=O) groups excluding carboxylic acids is 1. The molecule has 1 saturated heterocycles. The molecule has 98 valence electrons. The second kappa shape index (κ2) is 5.71. The van der Waals surface area contributed by atoms with Crippen LogP contribution in [0.2, 0.25) is 0 Å². The molecule has 0 aromatic heterocycles. The largest absolute Gasteiger partial charge is 0.393 e. The van der Waals surface area contributed by atoms with Crippen LogP contribution in [-0.2, 0) is 0 Å². The summed E-state index contributed by atoms with van der Waals surface area (Å²) in [4.78, 5) is 14.0. The van der Waals surface area contributed by atoms with E-state index in [-0.39, 0.29) is 18.2 Å². The molecule has 0 bridgehead atoms. The standard InChI is InChI=1S/C13H24N2O2/c1-2-8-14-13(17)15-9-4-6-11(15)10-5-3-7-12(10)16/h10-12,16H,2-9H2,1H3,(H,14,17). The lowest BCUT2D eigenvalue weighted by molar-refractivity contribution is 0.0842. The van der Waals surface area contributed by atoms with Gasteiger partial charge in [0.1, 0.15) is 0 Å². The molecule has 2 fully saturated rings. The fourth-order valence-electron chi connectivity index (χ4n) is 3.24. The summed E-state index contributed by atoms with van der Waals surface area (Å²) in [7, 11) is 0. The van der Waals surface area contributed by atoms with Crippen molar-refractivity contribution in [3.63, 3.8) is 0 Å². The highest BCUT2D eigenvalue weighted by atomic mass is 16.3. The first-order valence-corrected chi connectivity index (χ1v) is 6.96. The predicted octanol–water partition coefficient (Wildman–Crippen LogP) is 1.73. The van der Waals surface area contributed by atoms with Gasteiger partial charge in [0.2, 0.25) is 0 Å². The van der Waals surface area contributed by atoms with E-state index in [0.29, 0.717) is 5.92 Å². The number of nitrogens with one attached hydrogen (secondary N) is 1. The predicted molar refractivity (Wildman–Crippen MR) is 66.8 cm³/mol. The van der Waals surface area contributed by atoms with Gasteiger partial charge in [-0.05, 0) is 32.1 Å². The van der Waals surface area contributed by atoms with Crippen LogP contribution in [0.5, 0.6) is 0 Å². The maximum absolute atomic E-state index is 12.0. The molecule has 4 heteroatoms. The lowest BCUT2D eigenvalue weighted by Gasteiger charge is -2.31. The molecule has 1 aliphatic heterocycles. The monoisotopic (exact) mass is 240 g/mol. The van der Waals surface area contributed by atoms with Gasteiger partial charge in [-0.1, -0.05) is 13.3 Å². The second-order valence-electron chi connectivity index (χ2n) is 5.30. The zero-order valence-corrected chi connectivity index (χ0v) is 10.7. The normalized spacial score (nSPS) is 33.1. The average molecular weight is 240 g/mol. The molecular weight excluding hydrogens is 216 g/mol. The number of likely N-dealkylation sites (tertiary alicyclic amines) is 1. The lowest BCUT2D eigenvalue weighted by Crippen LogP contribution is -2.47. The van der Waals surface area contributed by atoms with Crippen molar-refractivity contribution >= 4 is 6.03 Å². The van der Waals surface area contributed by atoms with Crippen LogP contribution < -0.4 is 5.32 Å². The molecule has 3 unspecified atom stereocenters. The molecule has 2 aliphatic rings. The number of nitrogens with zero attached hydrogens (tertiary/aromatic N) is 1. The first kappa shape index (κ1) is 12.7. The highest BCUT2D eigenvalue weighted by Crippen LogP contribution is 2.35. The van der Waals surface area contributed by atoms with E-state index in [4.69, 9.17) is 0 Å². The molecule has 0 spiro atoms. The zero-order chi connectivity index (χ0) is 12.3. The number of rotatable bonds is 3. The van der Waals surface area contributed by atoms with Crippen LogP contribution in [0.4, 0.5) is 4.79 Å². The molecule has 1 aliphatic carbocycles. The quantitative estimate of drug-likeness (QED) is 0.789. The molecule has 2 N–H and O–H groups in total. The van der Waals surface area contributed by atoms with Crippen LogP contribution >= 0.6 is 0 Å². The fourth-order valence-corrected chi connectivity index (χ4v) is 3.24. The van der Waals surface area contributed by atoms with Crippen molar-refractivity contribution in [1.82, 2.24) is 10.2 Å². The van der Waals surface area contributed by atoms with Crippen molar-refractivity contribution in [2.24, 2.45) is 5.92 Å². The van der Waals surface area contributed by atoms with Crippen molar-refractivity contribution < 1.29 is 9.90 Å². The van der Waals surface area contributed by atoms with Crippen molar-refractivity contribution in [3.8, 4) is 0 Å². The number of amides is 2. The van der Waals surface area contributed by atoms with Gasteiger partial charge in [0.05, 0.1) is 6.10 Å². The van der Waals surface area contributed by atoms with E-state index in [1.54, 1.807) is 0 Å². The summed E-state index contributed by atoms with van der Waals surface area (Å²) in [5.41, 5.74) is 0. The summed E-state index contributed by atoms with van der Waals surface area (Å²) in [5, 5.41) is 12.9. The number of urea groups is 1. The molecule has 17 heavy (non-hydrogen) atoms. The van der Waals surface area contributed by atoms with Crippen LogP contribution in [0, 0.1) is 5.92 Å². The molecule has 4 nitrogen and oxygen atoms in total. The molecule has 0 aromatic carbocycles. The van der Waals surface area contributed by atoms with E-state index in [2.05, 4.69) is 12.2 Å². The minimum Gasteiger partial charge on any atom is -0.393 e. The Morgan fingerprint density at radius 2 is 2.18 bits per heavy atom. The van der Waals surface area contributed by atoms with E-state index in [1.807, 2.05) is 4.90 Å². The van der Waals surface area contributed by atoms with Crippen LogP contribution in [0.1, 0.15) is 45.4 Å². The number of hydrogen-bond acceptors (Lipinski definition) is 2. The van der Waals surface area contributed by atoms with E-state index >= 15 is 0 Å². The Morgan fingerprint density at radius 1 is 1.35 bits per heavy atom. The van der Waals surface area contributed by atoms with Gasteiger partial charge in [0, 0.05) is 25.0 Å². The number of hydrogen-bond donors (Lipinski definition) is 2. The Hall–Kier alpha value is -0.770. The van der Waals surface area contributed by atoms with Crippen LogP contribution in [0.25, 0.3) is 0 Å². The van der Waals surface area contributed by atoms with Gasteiger partial charge in [0.15, 0.2) is 0 Å². The van der Waals surface area contributed by atoms with Crippen LogP contribution in [-0.4, -0.2) is 41.3 Å². The van der Waals surface area contributed by atoms with E-state index in [0.717, 1.165) is 51.6 Å². The van der Waals surface area contributed by atoms with Crippen molar-refractivity contribution in [2.75, 3.05) is 13.1 Å². The molecule has 0 radical (unpaired) electrons. The third-order valence-corrected chi connectivity index (χ3v) is 4.11. The molecule has 0 aromatic rings. The molecule has 1 heterocycles. The van der Waals surface area contributed by atoms with E-state index in [9.17, 15) is 9.90 Å². The number of carbonyl (C=O) groups is 1. The number of aliphatic hydroxyl groups excluding tert-OH is 1. The highest BCUT2D eigenvalue weighted by Gasteiger charge is 2.39. The summed E-state index contributed by atoms with van der Waals surface area (Å²) in [6.07, 6.45) is 5.99. The minimum atomic E-state index is -0.195. The maximum Gasteiger partial charge on any atom is 0.317 e. The van der Waals surface area contributed by atoms with Crippen LogP contribution in [0.15, 0.2) is 0 Å². The summed E-state index contributed by atoms with van der Waals surface area (Å²) in [5.74, 6) is 0.310. The van der Waals surface area contributed by atoms with Crippen molar-refractivity contribution in [1.29, 1.82) is 0 Å². The summed E-state index contributed by atoms with van der Waals surface area (Å²) in [6, 6.07) is 0.331. The molecule has 1 saturated carbocycles. The highest BCUT2D eigenvalue weighted by molar-refractivity contribution is 5.74. The summed E-state index contributed by atoms with van der Waals surface area (Å²) >= 11 is 0. The Morgan fingerprint density at radius 3 is 2.82 bits per heavy atom. The topological polar surface area (TPSA) is 52.6 Å². The summed E-state index contributed by atoms with van der Waals surface area (Å²) < 4.78 is 0. The van der Waals surface area contributed by atoms with Gasteiger partial charge in [-0.15, -0.1) is 0 Å². The smallest absolute Gasteiger partial charge is 0.317 e. The van der Waals surface area contributed by atoms with Crippen molar-refractivity contribution in [2.45, 2.75) is 57.6 Å². The number of aliphatic hydroxyl groups is 1. The molecule has 2 rings (SSSR count). The second-order valence-corrected chi connectivity index (χ2v) is 5.30. The Kier molecular flexibility index (Phi) is 4.26. The van der Waals surface area contributed by atoms with Gasteiger partial charge >= 0.3 is 6.03 Å². The van der Waals surface area contributed by atoms with Gasteiger partial charge in [-0.3, -0.25) is 0 Å². The Bertz CT molecular complexity index is 270. The van der Waals surface area contributed by atoms with Gasteiger partial charge < -0.3 is 15.3 Å². The third-order valence-electron chi connectivity index (χ3n) is 4.11. The minimum absolute atomic E-state index is 0.0634. The average Bonchev–Trinajstić information content (AvgIpc) is 2.93. The van der Waals surface area contributed by atoms with Crippen LogP contribution in [0.3, 0.4) is 0 Å². The molecule has 2 amide bonds. The Balaban J connectivity index is 1.94. The first-order valence-electron chi connectivity index (χ1n) is 6.96. The molecular formula is C13H24N2O2. The van der Waals surface area contributed by atoms with E-state index < -0.39 is 0 Å². The molecule has 3 atom stereocenters. The SMILES string of the molecule is CCCNC(=O)N1CCCC1C1CCCC1O. The van der Waals surface area contributed by atoms with Gasteiger partial charge in [-0.2, -0.15) is 0 Å². The zero-order valence-electron chi connectivity index (χ0n) is 10.7. The van der Waals surface area contributed by atoms with E-state index in [1.165, 1.54) is 0 Å². The summed E-state index contributed by atoms with van der Waals surface area (Å²) in [6.45, 7) is 3.65. The van der Waals surface area contributed by atoms with Gasteiger partial charge in [0.25, 0.3) is 0 Å². The maximum atomic E-state index is 12.0. The Labute approximate surface area is 103 Å². The fraction of sp³-hybridized carbons (Fsp3) is 0.923. The van der Waals surface area contributed by atoms with Crippen molar-refractivity contribution in [3.05, 3.63) is 0 Å². The lowest BCUT2D eigenvalue weighted by atomic mass is 9.94. The first-order chi connectivity index (χ1) is 8.24. The third kappa shape index (κ3) is 2.73.